The number of furan rings is 1. The Morgan fingerprint density at radius 2 is 1.94 bits per heavy atom. The first-order chi connectivity index (χ1) is 17.4. The monoisotopic (exact) mass is 539 g/mol. The molecule has 5 rings (SSSR count). The van der Waals surface area contributed by atoms with Gasteiger partial charge in [0.15, 0.2) is 4.80 Å². The summed E-state index contributed by atoms with van der Waals surface area (Å²) in [6, 6.07) is 11.4. The zero-order valence-electron chi connectivity index (χ0n) is 19.2. The Labute approximate surface area is 219 Å². The number of nitrogens with zero attached hydrogens (tertiary/aromatic N) is 3. The van der Waals surface area contributed by atoms with Gasteiger partial charge < -0.3 is 9.15 Å². The van der Waals surface area contributed by atoms with Gasteiger partial charge in [-0.1, -0.05) is 34.5 Å². The number of ether oxygens (including phenoxy) is 1. The predicted molar refractivity (Wildman–Crippen MR) is 139 cm³/mol. The summed E-state index contributed by atoms with van der Waals surface area (Å²) in [5, 5.41) is 0.816. The van der Waals surface area contributed by atoms with Gasteiger partial charge in [-0.25, -0.2) is 9.79 Å². The standard InChI is InChI=1S/C26H19Cl2N3O4S/c1-3-34-25(33)22-14(2)30-26-31(24(32)21(36-26)12-15-8-10-29-11-9-15)23(22)20-7-6-19(35-20)16-4-5-17(27)18(28)13-16/h4-13,23H,3H2,1-2H3/b21-12-/t23-/m1/s1. The molecule has 0 spiro atoms. The minimum absolute atomic E-state index is 0.182. The third-order valence-electron chi connectivity index (χ3n) is 5.62. The van der Waals surface area contributed by atoms with Gasteiger partial charge in [0.1, 0.15) is 17.6 Å². The van der Waals surface area contributed by atoms with Crippen molar-refractivity contribution in [1.82, 2.24) is 9.55 Å². The molecule has 182 valence electrons. The maximum absolute atomic E-state index is 13.6. The van der Waals surface area contributed by atoms with Crippen molar-refractivity contribution in [2.75, 3.05) is 6.61 Å². The number of allylic oxidation sites excluding steroid dienone is 1. The number of fused-ring (bicyclic) bond motifs is 1. The molecule has 1 aromatic carbocycles. The SMILES string of the molecule is CCOC(=O)C1=C(C)N=c2s/c(=C\c3ccncc3)c(=O)n2[C@@H]1c1ccc(-c2ccc(Cl)c(Cl)c2)o1. The van der Waals surface area contributed by atoms with E-state index in [2.05, 4.69) is 9.98 Å². The third kappa shape index (κ3) is 4.43. The van der Waals surface area contributed by atoms with E-state index in [0.29, 0.717) is 42.2 Å². The van der Waals surface area contributed by atoms with Crippen LogP contribution in [0.3, 0.4) is 0 Å². The summed E-state index contributed by atoms with van der Waals surface area (Å²) in [5.41, 5.74) is 1.95. The molecule has 1 aliphatic heterocycles. The largest absolute Gasteiger partial charge is 0.463 e. The number of hydrogen-bond donors (Lipinski definition) is 0. The lowest BCUT2D eigenvalue weighted by Crippen LogP contribution is -2.39. The fraction of sp³-hybridized carbons (Fsp3) is 0.154. The maximum Gasteiger partial charge on any atom is 0.338 e. The normalized spacial score (nSPS) is 15.6. The number of halogens is 2. The van der Waals surface area contributed by atoms with Gasteiger partial charge in [-0.05, 0) is 68.0 Å². The number of esters is 1. The van der Waals surface area contributed by atoms with E-state index in [-0.39, 0.29) is 17.7 Å². The Kier molecular flexibility index (Phi) is 6.66. The molecule has 0 fully saturated rings. The maximum atomic E-state index is 13.6. The Bertz CT molecular complexity index is 1690. The van der Waals surface area contributed by atoms with Crippen molar-refractivity contribution in [1.29, 1.82) is 0 Å². The van der Waals surface area contributed by atoms with Crippen LogP contribution in [0.25, 0.3) is 17.4 Å². The quantitative estimate of drug-likeness (QED) is 0.341. The van der Waals surface area contributed by atoms with Gasteiger partial charge in [-0.2, -0.15) is 0 Å². The lowest BCUT2D eigenvalue weighted by Gasteiger charge is -2.22. The van der Waals surface area contributed by atoms with Crippen LogP contribution < -0.4 is 14.9 Å². The summed E-state index contributed by atoms with van der Waals surface area (Å²) in [7, 11) is 0. The average Bonchev–Trinajstić information content (AvgIpc) is 3.46. The highest BCUT2D eigenvalue weighted by atomic mass is 35.5. The van der Waals surface area contributed by atoms with Crippen LogP contribution in [-0.4, -0.2) is 22.1 Å². The number of benzene rings is 1. The molecule has 3 aromatic heterocycles. The van der Waals surface area contributed by atoms with Gasteiger partial charge in [0.25, 0.3) is 5.56 Å². The topological polar surface area (TPSA) is 86.7 Å². The van der Waals surface area contributed by atoms with Crippen LogP contribution in [0.1, 0.15) is 31.2 Å². The number of pyridine rings is 1. The molecule has 7 nitrogen and oxygen atoms in total. The van der Waals surface area contributed by atoms with E-state index in [9.17, 15) is 9.59 Å². The second-order valence-electron chi connectivity index (χ2n) is 7.91. The minimum Gasteiger partial charge on any atom is -0.463 e. The fourth-order valence-corrected chi connectivity index (χ4v) is 5.32. The summed E-state index contributed by atoms with van der Waals surface area (Å²) in [6.07, 6.45) is 5.08. The highest BCUT2D eigenvalue weighted by Crippen LogP contribution is 2.35. The van der Waals surface area contributed by atoms with Crippen molar-refractivity contribution < 1.29 is 13.9 Å². The molecule has 0 saturated heterocycles. The molecule has 4 aromatic rings. The van der Waals surface area contributed by atoms with Crippen LogP contribution in [0.15, 0.2) is 80.3 Å². The summed E-state index contributed by atoms with van der Waals surface area (Å²) in [6.45, 7) is 3.63. The molecule has 4 heterocycles. The van der Waals surface area contributed by atoms with E-state index in [4.69, 9.17) is 32.4 Å². The van der Waals surface area contributed by atoms with Crippen molar-refractivity contribution in [3.8, 4) is 11.3 Å². The summed E-state index contributed by atoms with van der Waals surface area (Å²) in [4.78, 5) is 35.7. The molecule has 36 heavy (non-hydrogen) atoms. The molecule has 0 unspecified atom stereocenters. The van der Waals surface area contributed by atoms with Crippen LogP contribution in [0, 0.1) is 0 Å². The zero-order chi connectivity index (χ0) is 25.4. The molecule has 10 heteroatoms. The first kappa shape index (κ1) is 24.2. The summed E-state index contributed by atoms with van der Waals surface area (Å²) in [5.74, 6) is 0.352. The number of carbonyl (C=O) groups excluding carboxylic acids is 1. The molecular weight excluding hydrogens is 521 g/mol. The number of aromatic nitrogens is 2. The Balaban J connectivity index is 1.69. The first-order valence-corrected chi connectivity index (χ1v) is 12.6. The molecule has 0 bridgehead atoms. The van der Waals surface area contributed by atoms with Crippen molar-refractivity contribution in [3.63, 3.8) is 0 Å². The van der Waals surface area contributed by atoms with Crippen molar-refractivity contribution in [2.24, 2.45) is 4.99 Å². The number of rotatable bonds is 5. The molecule has 0 N–H and O–H groups in total. The third-order valence-corrected chi connectivity index (χ3v) is 7.34. The van der Waals surface area contributed by atoms with Crippen LogP contribution in [0.4, 0.5) is 0 Å². The van der Waals surface area contributed by atoms with E-state index in [0.717, 1.165) is 5.56 Å². The van der Waals surface area contributed by atoms with Crippen LogP contribution >= 0.6 is 34.5 Å². The van der Waals surface area contributed by atoms with Crippen LogP contribution in [-0.2, 0) is 9.53 Å². The molecule has 1 atom stereocenters. The Hall–Kier alpha value is -3.46. The van der Waals surface area contributed by atoms with E-state index >= 15 is 0 Å². The molecule has 0 saturated carbocycles. The number of hydrogen-bond acceptors (Lipinski definition) is 7. The lowest BCUT2D eigenvalue weighted by atomic mass is 10.0. The number of thiazole rings is 1. The van der Waals surface area contributed by atoms with Gasteiger partial charge in [0.2, 0.25) is 0 Å². The second-order valence-corrected chi connectivity index (χ2v) is 9.74. The van der Waals surface area contributed by atoms with Gasteiger partial charge in [-0.3, -0.25) is 14.3 Å². The van der Waals surface area contributed by atoms with Gasteiger partial charge in [0.05, 0.1) is 32.5 Å². The van der Waals surface area contributed by atoms with Gasteiger partial charge >= 0.3 is 5.97 Å². The highest BCUT2D eigenvalue weighted by molar-refractivity contribution is 7.07. The van der Waals surface area contributed by atoms with Crippen molar-refractivity contribution >= 4 is 46.6 Å². The second kappa shape index (κ2) is 9.89. The molecular formula is C26H19Cl2N3O4S. The van der Waals surface area contributed by atoms with E-state index in [1.165, 1.54) is 15.9 Å². The number of carbonyl (C=O) groups is 1. The predicted octanol–water partition coefficient (Wildman–Crippen LogP) is 4.76. The minimum atomic E-state index is -0.851. The van der Waals surface area contributed by atoms with Gasteiger partial charge in [0, 0.05) is 18.0 Å². The zero-order valence-corrected chi connectivity index (χ0v) is 21.5. The average molecular weight is 540 g/mol. The Morgan fingerprint density at radius 3 is 2.67 bits per heavy atom. The van der Waals surface area contributed by atoms with E-state index in [1.54, 1.807) is 74.8 Å². The molecule has 0 radical (unpaired) electrons. The van der Waals surface area contributed by atoms with Crippen LogP contribution in [0.5, 0.6) is 0 Å². The molecule has 1 aliphatic rings. The van der Waals surface area contributed by atoms with E-state index in [1.807, 2.05) is 0 Å². The van der Waals surface area contributed by atoms with Crippen molar-refractivity contribution in [2.45, 2.75) is 19.9 Å². The first-order valence-electron chi connectivity index (χ1n) is 11.0. The molecule has 0 aliphatic carbocycles. The summed E-state index contributed by atoms with van der Waals surface area (Å²) < 4.78 is 13.5. The van der Waals surface area contributed by atoms with Crippen molar-refractivity contribution in [3.05, 3.63) is 107 Å². The Morgan fingerprint density at radius 1 is 1.17 bits per heavy atom. The van der Waals surface area contributed by atoms with Crippen LogP contribution in [0.2, 0.25) is 10.0 Å². The smallest absolute Gasteiger partial charge is 0.338 e. The van der Waals surface area contributed by atoms with Gasteiger partial charge in [-0.15, -0.1) is 0 Å². The lowest BCUT2D eigenvalue weighted by molar-refractivity contribution is -0.139. The van der Waals surface area contributed by atoms with E-state index < -0.39 is 12.0 Å². The molecule has 0 amide bonds. The fourth-order valence-electron chi connectivity index (χ4n) is 3.98. The highest BCUT2D eigenvalue weighted by Gasteiger charge is 2.35. The summed E-state index contributed by atoms with van der Waals surface area (Å²) >= 11 is 13.5.